The highest BCUT2D eigenvalue weighted by Crippen LogP contribution is 2.28. The Morgan fingerprint density at radius 1 is 1.10 bits per heavy atom. The minimum Gasteiger partial charge on any atom is -0.313 e. The van der Waals surface area contributed by atoms with Crippen molar-refractivity contribution in [3.63, 3.8) is 0 Å². The normalized spacial score (nSPS) is 12.4. The largest absolute Gasteiger partial charge is 0.313 e. The van der Waals surface area contributed by atoms with Gasteiger partial charge in [-0.25, -0.2) is 13.2 Å². The van der Waals surface area contributed by atoms with Crippen molar-refractivity contribution in [1.82, 2.24) is 5.32 Å². The van der Waals surface area contributed by atoms with Gasteiger partial charge in [0.1, 0.15) is 17.5 Å². The molecule has 1 N–H and O–H groups in total. The van der Waals surface area contributed by atoms with Gasteiger partial charge in [0.05, 0.1) is 4.47 Å². The van der Waals surface area contributed by atoms with Crippen LogP contribution in [0.15, 0.2) is 40.9 Å². The molecule has 0 aliphatic rings. The monoisotopic (exact) mass is 343 g/mol. The molecular formula is C15H13BrF3N. The number of likely N-dealkylation sites (N-methyl/N-ethyl adjacent to an activating group) is 1. The maximum Gasteiger partial charge on any atom is 0.137 e. The Bertz CT molecular complexity index is 596. The number of halogens is 4. The SMILES string of the molecule is CNC(Cc1cc(F)cc(F)c1)c1cccc(F)c1Br. The van der Waals surface area contributed by atoms with Crippen LogP contribution in [0.25, 0.3) is 0 Å². The lowest BCUT2D eigenvalue weighted by Gasteiger charge is -2.18. The molecule has 0 radical (unpaired) electrons. The second kappa shape index (κ2) is 6.41. The molecule has 20 heavy (non-hydrogen) atoms. The lowest BCUT2D eigenvalue weighted by molar-refractivity contribution is 0.554. The third-order valence-corrected chi connectivity index (χ3v) is 3.90. The van der Waals surface area contributed by atoms with Gasteiger partial charge in [-0.15, -0.1) is 0 Å². The Hall–Kier alpha value is -1.33. The summed E-state index contributed by atoms with van der Waals surface area (Å²) in [5, 5.41) is 3.03. The van der Waals surface area contributed by atoms with E-state index in [2.05, 4.69) is 21.2 Å². The van der Waals surface area contributed by atoms with Gasteiger partial charge >= 0.3 is 0 Å². The van der Waals surface area contributed by atoms with E-state index in [9.17, 15) is 13.2 Å². The number of nitrogens with one attached hydrogen (secondary N) is 1. The van der Waals surface area contributed by atoms with Gasteiger partial charge in [-0.3, -0.25) is 0 Å². The van der Waals surface area contributed by atoms with Gasteiger partial charge < -0.3 is 5.32 Å². The van der Waals surface area contributed by atoms with Crippen molar-refractivity contribution in [3.05, 3.63) is 69.4 Å². The van der Waals surface area contributed by atoms with E-state index in [1.165, 1.54) is 18.2 Å². The summed E-state index contributed by atoms with van der Waals surface area (Å²) < 4.78 is 40.3. The van der Waals surface area contributed by atoms with Crippen LogP contribution in [0.2, 0.25) is 0 Å². The van der Waals surface area contributed by atoms with Crippen LogP contribution in [0.4, 0.5) is 13.2 Å². The fourth-order valence-corrected chi connectivity index (χ4v) is 2.66. The average molecular weight is 344 g/mol. The topological polar surface area (TPSA) is 12.0 Å². The molecule has 0 amide bonds. The average Bonchev–Trinajstić information content (AvgIpc) is 2.38. The van der Waals surface area contributed by atoms with Crippen LogP contribution in [0, 0.1) is 17.5 Å². The van der Waals surface area contributed by atoms with Crippen molar-refractivity contribution in [2.45, 2.75) is 12.5 Å². The highest BCUT2D eigenvalue weighted by molar-refractivity contribution is 9.10. The van der Waals surface area contributed by atoms with E-state index in [1.807, 2.05) is 0 Å². The molecule has 0 aromatic heterocycles. The Morgan fingerprint density at radius 3 is 2.35 bits per heavy atom. The summed E-state index contributed by atoms with van der Waals surface area (Å²) in [6.07, 6.45) is 0.354. The Kier molecular flexibility index (Phi) is 4.83. The summed E-state index contributed by atoms with van der Waals surface area (Å²) in [4.78, 5) is 0. The molecule has 1 nitrogen and oxygen atoms in total. The molecule has 0 bridgehead atoms. The third kappa shape index (κ3) is 3.41. The molecule has 0 aliphatic heterocycles. The molecule has 1 unspecified atom stereocenters. The molecule has 5 heteroatoms. The first kappa shape index (κ1) is 15.1. The van der Waals surface area contributed by atoms with Gasteiger partial charge in [-0.05, 0) is 58.7 Å². The van der Waals surface area contributed by atoms with E-state index < -0.39 is 11.6 Å². The fourth-order valence-electron chi connectivity index (χ4n) is 2.12. The first-order chi connectivity index (χ1) is 9.51. The summed E-state index contributed by atoms with van der Waals surface area (Å²) >= 11 is 3.20. The standard InChI is InChI=1S/C15H13BrF3N/c1-20-14(12-3-2-4-13(19)15(12)16)7-9-5-10(17)8-11(18)6-9/h2-6,8,14,20H,7H2,1H3. The Morgan fingerprint density at radius 2 is 1.75 bits per heavy atom. The Labute approximate surface area is 123 Å². The zero-order valence-corrected chi connectivity index (χ0v) is 12.3. The number of hydrogen-bond donors (Lipinski definition) is 1. The van der Waals surface area contributed by atoms with Gasteiger partial charge in [0, 0.05) is 12.1 Å². The lowest BCUT2D eigenvalue weighted by Crippen LogP contribution is -2.19. The van der Waals surface area contributed by atoms with Crippen LogP contribution in [-0.4, -0.2) is 7.05 Å². The summed E-state index contributed by atoms with van der Waals surface area (Å²) in [6, 6.07) is 7.86. The van der Waals surface area contributed by atoms with Crippen molar-refractivity contribution in [2.75, 3.05) is 7.05 Å². The van der Waals surface area contributed by atoms with E-state index in [1.54, 1.807) is 19.2 Å². The predicted octanol–water partition coefficient (Wildman–Crippen LogP) is 4.37. The number of benzene rings is 2. The number of hydrogen-bond acceptors (Lipinski definition) is 1. The molecule has 2 aromatic carbocycles. The minimum atomic E-state index is -0.617. The van der Waals surface area contributed by atoms with Crippen LogP contribution in [0.3, 0.4) is 0 Å². The third-order valence-electron chi connectivity index (χ3n) is 3.07. The second-order valence-corrected chi connectivity index (χ2v) is 5.26. The van der Waals surface area contributed by atoms with Crippen LogP contribution in [0.1, 0.15) is 17.2 Å². The van der Waals surface area contributed by atoms with Gasteiger partial charge in [0.25, 0.3) is 0 Å². The summed E-state index contributed by atoms with van der Waals surface area (Å²) in [6.45, 7) is 0. The quantitative estimate of drug-likeness (QED) is 0.869. The lowest BCUT2D eigenvalue weighted by atomic mass is 9.98. The molecule has 1 atom stereocenters. The summed E-state index contributed by atoms with van der Waals surface area (Å²) in [5.41, 5.74) is 1.22. The number of rotatable bonds is 4. The highest BCUT2D eigenvalue weighted by atomic mass is 79.9. The Balaban J connectivity index is 2.31. The maximum absolute atomic E-state index is 13.5. The molecule has 106 valence electrons. The molecule has 2 rings (SSSR count). The summed E-state index contributed by atoms with van der Waals surface area (Å²) in [5.74, 6) is -1.60. The smallest absolute Gasteiger partial charge is 0.137 e. The highest BCUT2D eigenvalue weighted by Gasteiger charge is 2.16. The zero-order chi connectivity index (χ0) is 14.7. The van der Waals surface area contributed by atoms with Crippen molar-refractivity contribution in [3.8, 4) is 0 Å². The molecule has 0 heterocycles. The van der Waals surface area contributed by atoms with E-state index in [0.717, 1.165) is 6.07 Å². The second-order valence-electron chi connectivity index (χ2n) is 4.47. The minimum absolute atomic E-state index is 0.249. The molecule has 0 fully saturated rings. The molecule has 0 aliphatic carbocycles. The van der Waals surface area contributed by atoms with Crippen LogP contribution in [-0.2, 0) is 6.42 Å². The van der Waals surface area contributed by atoms with Gasteiger partial charge in [-0.1, -0.05) is 12.1 Å². The van der Waals surface area contributed by atoms with Crippen LogP contribution >= 0.6 is 15.9 Å². The molecule has 0 spiro atoms. The maximum atomic E-state index is 13.5. The first-order valence-electron chi connectivity index (χ1n) is 6.07. The van der Waals surface area contributed by atoms with Gasteiger partial charge in [0.2, 0.25) is 0 Å². The van der Waals surface area contributed by atoms with Gasteiger partial charge in [-0.2, -0.15) is 0 Å². The molecular weight excluding hydrogens is 331 g/mol. The van der Waals surface area contributed by atoms with E-state index in [0.29, 0.717) is 22.0 Å². The van der Waals surface area contributed by atoms with Crippen LogP contribution in [0.5, 0.6) is 0 Å². The van der Waals surface area contributed by atoms with Crippen molar-refractivity contribution < 1.29 is 13.2 Å². The zero-order valence-electron chi connectivity index (χ0n) is 10.8. The van der Waals surface area contributed by atoms with Crippen molar-refractivity contribution in [2.24, 2.45) is 0 Å². The predicted molar refractivity (Wildman–Crippen MR) is 76.0 cm³/mol. The first-order valence-corrected chi connectivity index (χ1v) is 6.86. The van der Waals surface area contributed by atoms with E-state index in [-0.39, 0.29) is 11.9 Å². The molecule has 0 saturated carbocycles. The van der Waals surface area contributed by atoms with Crippen molar-refractivity contribution in [1.29, 1.82) is 0 Å². The molecule has 0 saturated heterocycles. The van der Waals surface area contributed by atoms with Gasteiger partial charge in [0.15, 0.2) is 0 Å². The van der Waals surface area contributed by atoms with E-state index in [4.69, 9.17) is 0 Å². The van der Waals surface area contributed by atoms with E-state index >= 15 is 0 Å². The molecule has 2 aromatic rings. The fraction of sp³-hybridized carbons (Fsp3) is 0.200. The van der Waals surface area contributed by atoms with Crippen molar-refractivity contribution >= 4 is 15.9 Å². The summed E-state index contributed by atoms with van der Waals surface area (Å²) in [7, 11) is 1.72. The van der Waals surface area contributed by atoms with Crippen LogP contribution < -0.4 is 5.32 Å².